The van der Waals surface area contributed by atoms with Gasteiger partial charge in [-0.1, -0.05) is 6.07 Å². The van der Waals surface area contributed by atoms with Crippen molar-refractivity contribution in [2.75, 3.05) is 33.9 Å². The van der Waals surface area contributed by atoms with Crippen LogP contribution in [0.4, 0.5) is 0 Å². The highest BCUT2D eigenvalue weighted by atomic mass is 16.5. The van der Waals surface area contributed by atoms with Gasteiger partial charge in [0.05, 0.1) is 12.7 Å². The smallest absolute Gasteiger partial charge is 0.250 e. The van der Waals surface area contributed by atoms with E-state index in [9.17, 15) is 9.90 Å². The summed E-state index contributed by atoms with van der Waals surface area (Å²) < 4.78 is 6.51. The maximum absolute atomic E-state index is 11.4. The van der Waals surface area contributed by atoms with E-state index in [1.54, 1.807) is 30.0 Å². The maximum atomic E-state index is 11.4. The third kappa shape index (κ3) is 5.12. The van der Waals surface area contributed by atoms with Crippen LogP contribution in [0.3, 0.4) is 0 Å². The minimum atomic E-state index is -0.488. The van der Waals surface area contributed by atoms with Crippen molar-refractivity contribution in [2.45, 2.75) is 12.6 Å². The Kier molecular flexibility index (Phi) is 5.90. The molecule has 0 aromatic carbocycles. The molecule has 5 nitrogen and oxygen atoms in total. The SMILES string of the molecule is COCC(O)CN(C)CCn1ccccc1=O. The average Bonchev–Trinajstić information content (AvgIpc) is 2.28. The molecule has 0 amide bonds. The Hall–Kier alpha value is -1.17. The first-order valence-corrected chi connectivity index (χ1v) is 5.64. The van der Waals surface area contributed by atoms with Gasteiger partial charge >= 0.3 is 0 Å². The van der Waals surface area contributed by atoms with Crippen molar-refractivity contribution in [3.63, 3.8) is 0 Å². The lowest BCUT2D eigenvalue weighted by Crippen LogP contribution is -2.35. The highest BCUT2D eigenvalue weighted by molar-refractivity contribution is 4.93. The van der Waals surface area contributed by atoms with Crippen molar-refractivity contribution >= 4 is 0 Å². The number of hydrogen-bond acceptors (Lipinski definition) is 4. The molecule has 96 valence electrons. The zero-order valence-corrected chi connectivity index (χ0v) is 10.4. The van der Waals surface area contributed by atoms with Crippen molar-refractivity contribution in [3.05, 3.63) is 34.7 Å². The van der Waals surface area contributed by atoms with Crippen molar-refractivity contribution in [1.29, 1.82) is 0 Å². The Morgan fingerprint density at radius 1 is 1.53 bits per heavy atom. The highest BCUT2D eigenvalue weighted by Gasteiger charge is 2.07. The number of aliphatic hydroxyl groups excluding tert-OH is 1. The molecular weight excluding hydrogens is 220 g/mol. The molecule has 5 heteroatoms. The molecule has 0 fully saturated rings. The second-order valence-electron chi connectivity index (χ2n) is 4.10. The lowest BCUT2D eigenvalue weighted by molar-refractivity contribution is 0.0427. The monoisotopic (exact) mass is 240 g/mol. The standard InChI is InChI=1S/C12H20N2O3/c1-13(9-11(15)10-17-2)7-8-14-6-4-3-5-12(14)16/h3-6,11,15H,7-10H2,1-2H3. The summed E-state index contributed by atoms with van der Waals surface area (Å²) >= 11 is 0. The molecule has 0 aliphatic rings. The Morgan fingerprint density at radius 2 is 2.29 bits per heavy atom. The van der Waals surface area contributed by atoms with Gasteiger partial charge in [0.15, 0.2) is 0 Å². The minimum Gasteiger partial charge on any atom is -0.389 e. The molecule has 0 bridgehead atoms. The van der Waals surface area contributed by atoms with Gasteiger partial charge in [-0.3, -0.25) is 4.79 Å². The van der Waals surface area contributed by atoms with Gasteiger partial charge in [-0.15, -0.1) is 0 Å². The zero-order chi connectivity index (χ0) is 12.7. The van der Waals surface area contributed by atoms with Gasteiger partial charge in [-0.25, -0.2) is 0 Å². The van der Waals surface area contributed by atoms with Crippen molar-refractivity contribution in [1.82, 2.24) is 9.47 Å². The molecule has 0 aliphatic carbocycles. The fraction of sp³-hybridized carbons (Fsp3) is 0.583. The fourth-order valence-electron chi connectivity index (χ4n) is 1.62. The molecular formula is C12H20N2O3. The number of rotatable bonds is 7. The summed E-state index contributed by atoms with van der Waals surface area (Å²) in [4.78, 5) is 13.4. The highest BCUT2D eigenvalue weighted by Crippen LogP contribution is 1.91. The summed E-state index contributed by atoms with van der Waals surface area (Å²) in [5.41, 5.74) is -0.00154. The number of aliphatic hydroxyl groups is 1. The van der Waals surface area contributed by atoms with Crippen LogP contribution >= 0.6 is 0 Å². The van der Waals surface area contributed by atoms with Gasteiger partial charge in [0.1, 0.15) is 0 Å². The molecule has 0 spiro atoms. The van der Waals surface area contributed by atoms with Gasteiger partial charge in [0.25, 0.3) is 5.56 Å². The van der Waals surface area contributed by atoms with Gasteiger partial charge in [-0.05, 0) is 13.1 Å². The van der Waals surface area contributed by atoms with Crippen LogP contribution in [-0.2, 0) is 11.3 Å². The summed E-state index contributed by atoms with van der Waals surface area (Å²) in [5, 5.41) is 9.54. The quantitative estimate of drug-likeness (QED) is 0.716. The van der Waals surface area contributed by atoms with Gasteiger partial charge in [-0.2, -0.15) is 0 Å². The van der Waals surface area contributed by atoms with Crippen LogP contribution in [0.5, 0.6) is 0 Å². The molecule has 0 saturated carbocycles. The van der Waals surface area contributed by atoms with Crippen molar-refractivity contribution in [2.24, 2.45) is 0 Å². The first kappa shape index (κ1) is 13.9. The third-order valence-corrected chi connectivity index (χ3v) is 2.50. The maximum Gasteiger partial charge on any atom is 0.250 e. The predicted molar refractivity (Wildman–Crippen MR) is 66.1 cm³/mol. The molecule has 1 N–H and O–H groups in total. The Labute approximate surface area is 101 Å². The number of likely N-dealkylation sites (N-methyl/N-ethyl adjacent to an activating group) is 1. The molecule has 1 aromatic rings. The molecule has 1 rings (SSSR count). The summed E-state index contributed by atoms with van der Waals surface area (Å²) in [6, 6.07) is 5.10. The second-order valence-corrected chi connectivity index (χ2v) is 4.10. The Morgan fingerprint density at radius 3 is 2.94 bits per heavy atom. The minimum absolute atomic E-state index is 0.00154. The summed E-state index contributed by atoms with van der Waals surface area (Å²) in [6.45, 7) is 2.20. The van der Waals surface area contributed by atoms with Crippen molar-refractivity contribution in [3.8, 4) is 0 Å². The van der Waals surface area contributed by atoms with Crippen LogP contribution in [0.2, 0.25) is 0 Å². The van der Waals surface area contributed by atoms with Crippen molar-refractivity contribution < 1.29 is 9.84 Å². The van der Waals surface area contributed by atoms with Crippen LogP contribution in [0.25, 0.3) is 0 Å². The first-order valence-electron chi connectivity index (χ1n) is 5.64. The van der Waals surface area contributed by atoms with Crippen LogP contribution in [-0.4, -0.2) is 54.5 Å². The van der Waals surface area contributed by atoms with E-state index in [4.69, 9.17) is 4.74 Å². The topological polar surface area (TPSA) is 54.7 Å². The van der Waals surface area contributed by atoms with E-state index in [0.717, 1.165) is 0 Å². The molecule has 1 atom stereocenters. The molecule has 0 aliphatic heterocycles. The molecule has 17 heavy (non-hydrogen) atoms. The van der Waals surface area contributed by atoms with E-state index in [-0.39, 0.29) is 5.56 Å². The lowest BCUT2D eigenvalue weighted by Gasteiger charge is -2.20. The molecule has 0 radical (unpaired) electrons. The van der Waals surface area contributed by atoms with E-state index >= 15 is 0 Å². The summed E-state index contributed by atoms with van der Waals surface area (Å²) in [7, 11) is 3.47. The summed E-state index contributed by atoms with van der Waals surface area (Å²) in [6.07, 6.45) is 1.28. The van der Waals surface area contributed by atoms with Crippen LogP contribution in [0.15, 0.2) is 29.2 Å². The number of hydrogen-bond donors (Lipinski definition) is 1. The summed E-state index contributed by atoms with van der Waals surface area (Å²) in [5.74, 6) is 0. The largest absolute Gasteiger partial charge is 0.389 e. The van der Waals surface area contributed by atoms with E-state index in [1.165, 1.54) is 0 Å². The second kappa shape index (κ2) is 7.21. The molecule has 1 heterocycles. The Balaban J connectivity index is 2.36. The average molecular weight is 240 g/mol. The first-order chi connectivity index (χ1) is 8.13. The fourth-order valence-corrected chi connectivity index (χ4v) is 1.62. The van der Waals surface area contributed by atoms with Crippen LogP contribution in [0, 0.1) is 0 Å². The van der Waals surface area contributed by atoms with Gasteiger partial charge < -0.3 is 19.3 Å². The number of nitrogens with zero attached hydrogens (tertiary/aromatic N) is 2. The van der Waals surface area contributed by atoms with Gasteiger partial charge in [0.2, 0.25) is 0 Å². The van der Waals surface area contributed by atoms with Crippen LogP contribution in [0.1, 0.15) is 0 Å². The number of ether oxygens (including phenoxy) is 1. The normalized spacial score (nSPS) is 12.9. The van der Waals surface area contributed by atoms with Crippen LogP contribution < -0.4 is 5.56 Å². The molecule has 0 saturated heterocycles. The Bertz CT molecular complexity index is 378. The third-order valence-electron chi connectivity index (χ3n) is 2.50. The van der Waals surface area contributed by atoms with E-state index in [2.05, 4.69) is 0 Å². The number of pyridine rings is 1. The lowest BCUT2D eigenvalue weighted by atomic mass is 10.3. The van der Waals surface area contributed by atoms with E-state index < -0.39 is 6.10 Å². The molecule has 1 aromatic heterocycles. The van der Waals surface area contributed by atoms with E-state index in [0.29, 0.717) is 26.2 Å². The number of aromatic nitrogens is 1. The predicted octanol–water partition coefficient (Wildman–Crippen LogP) is -0.213. The van der Waals surface area contributed by atoms with Gasteiger partial charge in [0, 0.05) is 39.0 Å². The molecule has 1 unspecified atom stereocenters. The van der Waals surface area contributed by atoms with E-state index in [1.807, 2.05) is 18.0 Å². The zero-order valence-electron chi connectivity index (χ0n) is 10.4. The number of methoxy groups -OCH3 is 1.